The van der Waals surface area contributed by atoms with Gasteiger partial charge in [-0.25, -0.2) is 8.78 Å². The number of ether oxygens (including phenoxy) is 1. The average molecular weight is 361 g/mol. The first kappa shape index (κ1) is 17.1. The van der Waals surface area contributed by atoms with E-state index in [0.29, 0.717) is 22.0 Å². The van der Waals surface area contributed by atoms with Crippen molar-refractivity contribution in [2.24, 2.45) is 10.2 Å². The molecule has 8 heteroatoms. The van der Waals surface area contributed by atoms with Crippen molar-refractivity contribution in [3.63, 3.8) is 0 Å². The Morgan fingerprint density at radius 2 is 2.12 bits per heavy atom. The number of carbonyl (C=O) groups is 1. The van der Waals surface area contributed by atoms with E-state index in [1.165, 1.54) is 42.2 Å². The molecular weight excluding hydrogens is 348 g/mol. The maximum absolute atomic E-state index is 14.1. The molecule has 2 aromatic rings. The molecule has 1 heterocycles. The highest BCUT2D eigenvalue weighted by Crippen LogP contribution is 2.19. The van der Waals surface area contributed by atoms with E-state index in [1.54, 1.807) is 18.2 Å². The molecule has 3 rings (SSSR count). The first-order valence-electron chi connectivity index (χ1n) is 7.30. The van der Waals surface area contributed by atoms with E-state index >= 15 is 0 Å². The number of amidine groups is 1. The predicted octanol–water partition coefficient (Wildman–Crippen LogP) is 3.10. The fraction of sp³-hybridized carbons (Fsp3) is 0.118. The number of benzene rings is 2. The summed E-state index contributed by atoms with van der Waals surface area (Å²) in [4.78, 5) is 11.0. The average Bonchev–Trinajstić information content (AvgIpc) is 2.99. The van der Waals surface area contributed by atoms with Gasteiger partial charge in [0.1, 0.15) is 12.4 Å². The summed E-state index contributed by atoms with van der Waals surface area (Å²) >= 11 is 1.25. The summed E-state index contributed by atoms with van der Waals surface area (Å²) in [5.74, 6) is -0.667. The Balaban J connectivity index is 1.61. The van der Waals surface area contributed by atoms with Crippen molar-refractivity contribution in [2.75, 3.05) is 5.75 Å². The van der Waals surface area contributed by atoms with Crippen LogP contribution in [0, 0.1) is 11.6 Å². The number of rotatable bonds is 5. The first-order valence-corrected chi connectivity index (χ1v) is 8.29. The highest BCUT2D eigenvalue weighted by atomic mass is 32.2. The number of thioether (sulfide) groups is 1. The van der Waals surface area contributed by atoms with Gasteiger partial charge in [-0.15, -0.1) is 5.10 Å². The van der Waals surface area contributed by atoms with Gasteiger partial charge in [0.05, 0.1) is 12.0 Å². The molecule has 25 heavy (non-hydrogen) atoms. The van der Waals surface area contributed by atoms with Crippen LogP contribution in [0.5, 0.6) is 5.75 Å². The molecule has 128 valence electrons. The Labute approximate surface area is 146 Å². The van der Waals surface area contributed by atoms with Crippen molar-refractivity contribution in [1.82, 2.24) is 5.32 Å². The van der Waals surface area contributed by atoms with Crippen LogP contribution >= 0.6 is 11.8 Å². The van der Waals surface area contributed by atoms with E-state index in [4.69, 9.17) is 4.74 Å². The molecule has 1 amide bonds. The van der Waals surface area contributed by atoms with Gasteiger partial charge in [-0.05, 0) is 41.5 Å². The summed E-state index contributed by atoms with van der Waals surface area (Å²) in [6.07, 6.45) is 1.37. The normalized spacial score (nSPS) is 15.8. The molecule has 5 nitrogen and oxygen atoms in total. The molecule has 1 N–H and O–H groups in total. The summed E-state index contributed by atoms with van der Waals surface area (Å²) in [6.45, 7) is 0.0622. The van der Waals surface area contributed by atoms with Crippen molar-refractivity contribution in [3.8, 4) is 5.75 Å². The molecule has 1 aliphatic rings. The molecule has 0 spiro atoms. The lowest BCUT2D eigenvalue weighted by atomic mass is 10.2. The van der Waals surface area contributed by atoms with Crippen molar-refractivity contribution in [1.29, 1.82) is 0 Å². The van der Waals surface area contributed by atoms with Crippen LogP contribution in [0.25, 0.3) is 0 Å². The van der Waals surface area contributed by atoms with Crippen LogP contribution in [0.2, 0.25) is 0 Å². The fourth-order valence-corrected chi connectivity index (χ4v) is 2.66. The van der Waals surface area contributed by atoms with Gasteiger partial charge in [-0.1, -0.05) is 23.9 Å². The molecule has 0 radical (unpaired) electrons. The summed E-state index contributed by atoms with van der Waals surface area (Å²) in [6, 6.07) is 10.3. The topological polar surface area (TPSA) is 63.0 Å². The third-order valence-corrected chi connectivity index (χ3v) is 4.04. The van der Waals surface area contributed by atoms with Crippen LogP contribution in [0.1, 0.15) is 11.1 Å². The summed E-state index contributed by atoms with van der Waals surface area (Å²) in [7, 11) is 0. The SMILES string of the molecule is O=C1CSC(=NN=Cc2ccc(OCc3cccc(F)c3)c(F)c2)N1. The molecule has 0 unspecified atom stereocenters. The van der Waals surface area contributed by atoms with E-state index in [9.17, 15) is 13.6 Å². The Kier molecular flexibility index (Phi) is 5.39. The van der Waals surface area contributed by atoms with Gasteiger partial charge in [-0.2, -0.15) is 5.10 Å². The van der Waals surface area contributed by atoms with Gasteiger partial charge in [0.2, 0.25) is 5.91 Å². The zero-order valence-electron chi connectivity index (χ0n) is 12.9. The molecule has 0 aliphatic carbocycles. The van der Waals surface area contributed by atoms with Crippen LogP contribution in [0.4, 0.5) is 8.78 Å². The molecule has 1 fully saturated rings. The standard InChI is InChI=1S/C17H13F2N3O2S/c18-13-3-1-2-12(6-13)9-24-15-5-4-11(7-14(15)19)8-20-22-17-21-16(23)10-25-17/h1-8H,9-10H2,(H,21,22,23). The summed E-state index contributed by atoms with van der Waals surface area (Å²) < 4.78 is 32.5. The van der Waals surface area contributed by atoms with Gasteiger partial charge in [-0.3, -0.25) is 4.79 Å². The van der Waals surface area contributed by atoms with Gasteiger partial charge in [0.25, 0.3) is 0 Å². The van der Waals surface area contributed by atoms with E-state index in [1.807, 2.05) is 0 Å². The Bertz CT molecular complexity index is 856. The van der Waals surface area contributed by atoms with Crippen LogP contribution < -0.4 is 10.1 Å². The van der Waals surface area contributed by atoms with Gasteiger partial charge >= 0.3 is 0 Å². The predicted molar refractivity (Wildman–Crippen MR) is 92.8 cm³/mol. The number of halogens is 2. The third-order valence-electron chi connectivity index (χ3n) is 3.18. The van der Waals surface area contributed by atoms with Gasteiger partial charge < -0.3 is 10.1 Å². The minimum Gasteiger partial charge on any atom is -0.486 e. The molecule has 0 bridgehead atoms. The zero-order valence-corrected chi connectivity index (χ0v) is 13.7. The number of nitrogens with zero attached hydrogens (tertiary/aromatic N) is 2. The maximum atomic E-state index is 14.1. The number of nitrogens with one attached hydrogen (secondary N) is 1. The highest BCUT2D eigenvalue weighted by molar-refractivity contribution is 8.15. The molecule has 2 aromatic carbocycles. The molecule has 0 aromatic heterocycles. The second-order valence-corrected chi connectivity index (χ2v) is 6.06. The number of hydrogen-bond acceptors (Lipinski definition) is 5. The molecule has 0 atom stereocenters. The minimum atomic E-state index is -0.559. The number of hydrogen-bond donors (Lipinski definition) is 1. The smallest absolute Gasteiger partial charge is 0.236 e. The molecule has 1 saturated heterocycles. The highest BCUT2D eigenvalue weighted by Gasteiger charge is 2.15. The lowest BCUT2D eigenvalue weighted by Crippen LogP contribution is -2.19. The van der Waals surface area contributed by atoms with Crippen LogP contribution in [0.15, 0.2) is 52.7 Å². The van der Waals surface area contributed by atoms with Crippen molar-refractivity contribution >= 4 is 29.1 Å². The second kappa shape index (κ2) is 7.89. The monoisotopic (exact) mass is 361 g/mol. The van der Waals surface area contributed by atoms with Crippen molar-refractivity contribution in [2.45, 2.75) is 6.61 Å². The van der Waals surface area contributed by atoms with Crippen LogP contribution in [-0.2, 0) is 11.4 Å². The Morgan fingerprint density at radius 3 is 2.84 bits per heavy atom. The first-order chi connectivity index (χ1) is 12.1. The number of amides is 1. The van der Waals surface area contributed by atoms with Crippen LogP contribution in [0.3, 0.4) is 0 Å². The largest absolute Gasteiger partial charge is 0.486 e. The summed E-state index contributed by atoms with van der Waals surface area (Å²) in [5, 5.41) is 10.6. The van der Waals surface area contributed by atoms with Crippen LogP contribution in [-0.4, -0.2) is 23.0 Å². The lowest BCUT2D eigenvalue weighted by molar-refractivity contribution is -0.116. The third kappa shape index (κ3) is 4.87. The van der Waals surface area contributed by atoms with E-state index < -0.39 is 5.82 Å². The van der Waals surface area contributed by atoms with Crippen molar-refractivity contribution < 1.29 is 18.3 Å². The lowest BCUT2D eigenvalue weighted by Gasteiger charge is -2.07. The van der Waals surface area contributed by atoms with Crippen molar-refractivity contribution in [3.05, 3.63) is 65.2 Å². The van der Waals surface area contributed by atoms with E-state index in [-0.39, 0.29) is 24.1 Å². The second-order valence-electron chi connectivity index (χ2n) is 5.10. The molecule has 1 aliphatic heterocycles. The Hall–Kier alpha value is -2.74. The Morgan fingerprint density at radius 1 is 1.24 bits per heavy atom. The molecule has 0 saturated carbocycles. The van der Waals surface area contributed by atoms with E-state index in [0.717, 1.165) is 0 Å². The quantitative estimate of drug-likeness (QED) is 0.658. The maximum Gasteiger partial charge on any atom is 0.236 e. The zero-order chi connectivity index (χ0) is 17.6. The van der Waals surface area contributed by atoms with E-state index in [2.05, 4.69) is 15.5 Å². The fourth-order valence-electron chi connectivity index (χ4n) is 2.03. The van der Waals surface area contributed by atoms with Gasteiger partial charge in [0, 0.05) is 0 Å². The molecular formula is C17H13F2N3O2S. The van der Waals surface area contributed by atoms with Gasteiger partial charge in [0.15, 0.2) is 16.7 Å². The number of carbonyl (C=O) groups excluding carboxylic acids is 1. The minimum absolute atomic E-state index is 0.0614. The summed E-state index contributed by atoms with van der Waals surface area (Å²) in [5.41, 5.74) is 1.10.